The van der Waals surface area contributed by atoms with Crippen LogP contribution >= 0.6 is 0 Å². The number of carbonyl (C=O) groups is 1. The number of rotatable bonds is 3. The molecule has 0 aliphatic rings. The third-order valence-corrected chi connectivity index (χ3v) is 2.17. The van der Waals surface area contributed by atoms with Crippen LogP contribution in [-0.2, 0) is 22.9 Å². The molecule has 0 fully saturated rings. The quantitative estimate of drug-likeness (QED) is 0.742. The van der Waals surface area contributed by atoms with Crippen molar-refractivity contribution < 1.29 is 9.90 Å². The van der Waals surface area contributed by atoms with E-state index in [0.29, 0.717) is 6.42 Å². The summed E-state index contributed by atoms with van der Waals surface area (Å²) in [5.74, 6) is 0. The summed E-state index contributed by atoms with van der Waals surface area (Å²) in [5.41, 5.74) is 1.93. The lowest BCUT2D eigenvalue weighted by molar-refractivity contribution is -0.107. The lowest BCUT2D eigenvalue weighted by Gasteiger charge is -1.89. The molecule has 0 atom stereocenters. The second kappa shape index (κ2) is 8.25. The Hall–Kier alpha value is -1.93. The summed E-state index contributed by atoms with van der Waals surface area (Å²) in [7, 11) is 0. The molecule has 0 spiro atoms. The minimum atomic E-state index is -0.110. The molecule has 0 N–H and O–H groups in total. The molecule has 1 radical (unpaired) electrons. The van der Waals surface area contributed by atoms with Gasteiger partial charge in [-0.1, -0.05) is 60.7 Å². The fraction of sp³-hybridized carbons (Fsp3) is 0.133. The number of benzene rings is 2. The van der Waals surface area contributed by atoms with Crippen molar-refractivity contribution in [3.8, 4) is 0 Å². The van der Waals surface area contributed by atoms with Crippen LogP contribution in [0.15, 0.2) is 60.7 Å². The zero-order valence-corrected chi connectivity index (χ0v) is 9.58. The predicted octanol–water partition coefficient (Wildman–Crippen LogP) is 3.05. The molecule has 2 nitrogen and oxygen atoms in total. The van der Waals surface area contributed by atoms with Gasteiger partial charge in [-0.05, 0) is 11.1 Å². The summed E-state index contributed by atoms with van der Waals surface area (Å²) in [5, 5.41) is 10.1. The Morgan fingerprint density at radius 2 is 1.24 bits per heavy atom. The van der Waals surface area contributed by atoms with E-state index in [4.69, 9.17) is 0 Å². The van der Waals surface area contributed by atoms with Crippen LogP contribution < -0.4 is 0 Å². The third kappa shape index (κ3) is 5.64. The lowest BCUT2D eigenvalue weighted by atomic mass is 10.2. The van der Waals surface area contributed by atoms with Gasteiger partial charge in [0.2, 0.25) is 0 Å². The van der Waals surface area contributed by atoms with Gasteiger partial charge in [-0.25, -0.2) is 5.11 Å². The largest absolute Gasteiger partial charge is 0.303 e. The molecule has 0 saturated heterocycles. The number of carbonyl (C=O) groups excluding carboxylic acids is 1. The van der Waals surface area contributed by atoms with Crippen LogP contribution in [0.1, 0.15) is 11.1 Å². The normalized spacial score (nSPS) is 9.00. The Balaban J connectivity index is 0.000000171. The van der Waals surface area contributed by atoms with Crippen molar-refractivity contribution in [2.45, 2.75) is 13.0 Å². The second-order valence-corrected chi connectivity index (χ2v) is 3.49. The molecule has 17 heavy (non-hydrogen) atoms. The first kappa shape index (κ1) is 13.1. The van der Waals surface area contributed by atoms with Gasteiger partial charge in [-0.3, -0.25) is 0 Å². The van der Waals surface area contributed by atoms with Gasteiger partial charge in [0.05, 0.1) is 0 Å². The minimum Gasteiger partial charge on any atom is -0.303 e. The van der Waals surface area contributed by atoms with Gasteiger partial charge in [-0.2, -0.15) is 0 Å². The molecule has 0 saturated carbocycles. The first-order chi connectivity index (χ1) is 8.36. The first-order valence-corrected chi connectivity index (χ1v) is 5.46. The average molecular weight is 227 g/mol. The Morgan fingerprint density at radius 3 is 1.59 bits per heavy atom. The summed E-state index contributed by atoms with van der Waals surface area (Å²) < 4.78 is 0. The van der Waals surface area contributed by atoms with E-state index in [1.807, 2.05) is 60.7 Å². The molecule has 0 amide bonds. The van der Waals surface area contributed by atoms with Crippen LogP contribution in [0.2, 0.25) is 0 Å². The van der Waals surface area contributed by atoms with Crippen LogP contribution in [0.3, 0.4) is 0 Å². The zero-order valence-electron chi connectivity index (χ0n) is 9.58. The summed E-state index contributed by atoms with van der Waals surface area (Å²) in [4.78, 5) is 9.97. The van der Waals surface area contributed by atoms with Gasteiger partial charge in [0.15, 0.2) is 0 Å². The van der Waals surface area contributed by atoms with Crippen molar-refractivity contribution in [2.75, 3.05) is 0 Å². The molecule has 0 aliphatic heterocycles. The zero-order chi connectivity index (χ0) is 12.3. The molecule has 87 valence electrons. The standard InChI is InChI=1S/C8H8O.C7H7O/c9-7-6-8-4-2-1-3-5-8;8-6-7-4-2-1-3-5-7/h1-5,7H,6H2;1-5H,6H2. The van der Waals surface area contributed by atoms with E-state index in [1.54, 1.807) is 0 Å². The molecule has 2 aromatic rings. The monoisotopic (exact) mass is 227 g/mol. The van der Waals surface area contributed by atoms with Crippen molar-refractivity contribution in [1.82, 2.24) is 0 Å². The van der Waals surface area contributed by atoms with E-state index in [2.05, 4.69) is 0 Å². The molecular formula is C15H15O2. The number of hydrogen-bond donors (Lipinski definition) is 0. The van der Waals surface area contributed by atoms with E-state index in [1.165, 1.54) is 0 Å². The fourth-order valence-electron chi connectivity index (χ4n) is 1.28. The Kier molecular flexibility index (Phi) is 6.37. The molecule has 0 heterocycles. The van der Waals surface area contributed by atoms with Crippen LogP contribution in [-0.4, -0.2) is 6.29 Å². The highest BCUT2D eigenvalue weighted by Gasteiger charge is 1.84. The van der Waals surface area contributed by atoms with E-state index in [0.717, 1.165) is 17.4 Å². The second-order valence-electron chi connectivity index (χ2n) is 3.49. The maximum atomic E-state index is 10.1. The van der Waals surface area contributed by atoms with Crippen molar-refractivity contribution in [2.24, 2.45) is 0 Å². The van der Waals surface area contributed by atoms with Gasteiger partial charge < -0.3 is 4.79 Å². The van der Waals surface area contributed by atoms with Gasteiger partial charge >= 0.3 is 0 Å². The van der Waals surface area contributed by atoms with Crippen molar-refractivity contribution in [3.63, 3.8) is 0 Å². The highest BCUT2D eigenvalue weighted by molar-refractivity contribution is 5.54. The Bertz CT molecular complexity index is 409. The third-order valence-electron chi connectivity index (χ3n) is 2.17. The van der Waals surface area contributed by atoms with Gasteiger partial charge in [-0.15, -0.1) is 0 Å². The fourth-order valence-corrected chi connectivity index (χ4v) is 1.28. The lowest BCUT2D eigenvalue weighted by Crippen LogP contribution is -1.82. The summed E-state index contributed by atoms with van der Waals surface area (Å²) in [6, 6.07) is 19.0. The molecule has 0 aliphatic carbocycles. The van der Waals surface area contributed by atoms with Crippen LogP contribution in [0.25, 0.3) is 0 Å². The smallest absolute Gasteiger partial charge is 0.124 e. The molecule has 0 bridgehead atoms. The summed E-state index contributed by atoms with van der Waals surface area (Å²) >= 11 is 0. The highest BCUT2D eigenvalue weighted by atomic mass is 16.3. The minimum absolute atomic E-state index is 0.110. The first-order valence-electron chi connectivity index (χ1n) is 5.46. The van der Waals surface area contributed by atoms with E-state index in [9.17, 15) is 9.90 Å². The van der Waals surface area contributed by atoms with Crippen LogP contribution in [0.4, 0.5) is 0 Å². The maximum Gasteiger partial charge on any atom is 0.124 e. The number of hydrogen-bond acceptors (Lipinski definition) is 1. The SMILES string of the molecule is O=CCc1ccccc1.[O]Cc1ccccc1. The van der Waals surface area contributed by atoms with Crippen LogP contribution in [0.5, 0.6) is 0 Å². The molecule has 2 rings (SSSR count). The molecular weight excluding hydrogens is 212 g/mol. The topological polar surface area (TPSA) is 37.0 Å². The van der Waals surface area contributed by atoms with E-state index in [-0.39, 0.29) is 6.61 Å². The van der Waals surface area contributed by atoms with Gasteiger partial charge in [0.25, 0.3) is 0 Å². The molecule has 2 heteroatoms. The molecule has 0 unspecified atom stereocenters. The predicted molar refractivity (Wildman–Crippen MR) is 67.0 cm³/mol. The van der Waals surface area contributed by atoms with Crippen LogP contribution in [0, 0.1) is 0 Å². The van der Waals surface area contributed by atoms with Gasteiger partial charge in [0.1, 0.15) is 12.9 Å². The maximum absolute atomic E-state index is 10.1. The Morgan fingerprint density at radius 1 is 0.765 bits per heavy atom. The van der Waals surface area contributed by atoms with Gasteiger partial charge in [0, 0.05) is 6.42 Å². The van der Waals surface area contributed by atoms with Crippen molar-refractivity contribution in [3.05, 3.63) is 71.8 Å². The van der Waals surface area contributed by atoms with Crippen molar-refractivity contribution >= 4 is 6.29 Å². The highest BCUT2D eigenvalue weighted by Crippen LogP contribution is 1.96. The summed E-state index contributed by atoms with van der Waals surface area (Å²) in [6.45, 7) is -0.110. The molecule has 0 aromatic heterocycles. The van der Waals surface area contributed by atoms with E-state index < -0.39 is 0 Å². The van der Waals surface area contributed by atoms with E-state index >= 15 is 0 Å². The number of aldehydes is 1. The van der Waals surface area contributed by atoms with Crippen molar-refractivity contribution in [1.29, 1.82) is 0 Å². The molecule has 2 aromatic carbocycles. The Labute approximate surface area is 102 Å². The summed E-state index contributed by atoms with van der Waals surface area (Å²) in [6.07, 6.45) is 1.44. The average Bonchev–Trinajstić information content (AvgIpc) is 2.42.